The molecule has 14 heavy (non-hydrogen) atoms. The van der Waals surface area contributed by atoms with Gasteiger partial charge in [0.05, 0.1) is 0 Å². The molecule has 0 aliphatic carbocycles. The molecule has 3 nitrogen and oxygen atoms in total. The molecule has 1 rings (SSSR count). The van der Waals surface area contributed by atoms with Crippen LogP contribution in [0, 0.1) is 6.92 Å². The van der Waals surface area contributed by atoms with Gasteiger partial charge in [0.15, 0.2) is 0 Å². The van der Waals surface area contributed by atoms with Gasteiger partial charge in [-0.15, -0.1) is 0 Å². The average Bonchev–Trinajstić information content (AvgIpc) is 2.07. The second-order valence-electron chi connectivity index (χ2n) is 2.79. The Morgan fingerprint density at radius 1 is 1.36 bits per heavy atom. The van der Waals surface area contributed by atoms with Crippen molar-refractivity contribution in [3.8, 4) is 5.75 Å². The third-order valence-corrected chi connectivity index (χ3v) is 1.66. The number of hydrogen-bond acceptors (Lipinski definition) is 3. The number of halogens is 2. The number of aryl methyl sites for hydroxylation is 1. The van der Waals surface area contributed by atoms with Crippen LogP contribution in [0.5, 0.6) is 5.75 Å². The maximum atomic E-state index is 11.9. The molecular weight excluding hydrogens is 193 g/mol. The Balaban J connectivity index is 3.02. The quantitative estimate of drug-likeness (QED) is 0.692. The normalized spacial score (nSPS) is 10.4. The molecule has 0 radical (unpaired) electrons. The minimum atomic E-state index is -2.98. The van der Waals surface area contributed by atoms with E-state index in [1.807, 2.05) is 0 Å². The van der Waals surface area contributed by atoms with E-state index in [0.717, 1.165) is 5.56 Å². The minimum Gasteiger partial charge on any atom is -0.435 e. The Morgan fingerprint density at radius 3 is 2.50 bits per heavy atom. The monoisotopic (exact) mass is 202 g/mol. The highest BCUT2D eigenvalue weighted by Gasteiger charge is 2.19. The van der Waals surface area contributed by atoms with Gasteiger partial charge < -0.3 is 14.8 Å². The Kier molecular flexibility index (Phi) is 3.43. The van der Waals surface area contributed by atoms with Crippen molar-refractivity contribution in [2.45, 2.75) is 13.5 Å². The van der Waals surface area contributed by atoms with Gasteiger partial charge in [-0.2, -0.15) is 8.78 Å². The standard InChI is InChI=1S/C8H9BF2O3/c1-5-2-3-7(14-8(10)11)6(4-5)9(12)13/h2-4,8,12-13H,1H3. The van der Waals surface area contributed by atoms with E-state index in [4.69, 9.17) is 10.0 Å². The van der Waals surface area contributed by atoms with E-state index in [0.29, 0.717) is 0 Å². The van der Waals surface area contributed by atoms with Crippen LogP contribution in [0.3, 0.4) is 0 Å². The fraction of sp³-hybridized carbons (Fsp3) is 0.250. The van der Waals surface area contributed by atoms with Crippen LogP contribution in [0.15, 0.2) is 18.2 Å². The fourth-order valence-corrected chi connectivity index (χ4v) is 1.07. The second-order valence-corrected chi connectivity index (χ2v) is 2.79. The maximum absolute atomic E-state index is 11.9. The number of rotatable bonds is 3. The van der Waals surface area contributed by atoms with Crippen LogP contribution in [0.4, 0.5) is 8.78 Å². The van der Waals surface area contributed by atoms with Gasteiger partial charge in [-0.1, -0.05) is 17.7 Å². The first-order chi connectivity index (χ1) is 6.50. The maximum Gasteiger partial charge on any atom is 0.492 e. The van der Waals surface area contributed by atoms with E-state index in [-0.39, 0.29) is 11.2 Å². The second kappa shape index (κ2) is 4.39. The molecule has 0 aliphatic heterocycles. The van der Waals surface area contributed by atoms with Crippen molar-refractivity contribution in [2.24, 2.45) is 0 Å². The molecule has 1 aromatic carbocycles. The number of hydrogen-bond donors (Lipinski definition) is 2. The van der Waals surface area contributed by atoms with Crippen LogP contribution in [0.2, 0.25) is 0 Å². The van der Waals surface area contributed by atoms with Crippen LogP contribution >= 0.6 is 0 Å². The summed E-state index contributed by atoms with van der Waals surface area (Å²) in [6, 6.07) is 4.20. The Labute approximate surface area is 80.1 Å². The van der Waals surface area contributed by atoms with Crippen molar-refractivity contribution >= 4 is 12.6 Å². The highest BCUT2D eigenvalue weighted by molar-refractivity contribution is 6.59. The lowest BCUT2D eigenvalue weighted by Gasteiger charge is -2.10. The molecule has 6 heteroatoms. The summed E-state index contributed by atoms with van der Waals surface area (Å²) in [6.07, 6.45) is 0. The predicted molar refractivity (Wildman–Crippen MR) is 47.6 cm³/mol. The van der Waals surface area contributed by atoms with Crippen molar-refractivity contribution in [1.82, 2.24) is 0 Å². The van der Waals surface area contributed by atoms with Crippen molar-refractivity contribution in [3.05, 3.63) is 23.8 Å². The van der Waals surface area contributed by atoms with Gasteiger partial charge in [-0.05, 0) is 13.0 Å². The molecule has 0 fully saturated rings. The molecule has 0 spiro atoms. The lowest BCUT2D eigenvalue weighted by atomic mass is 9.79. The van der Waals surface area contributed by atoms with Crippen molar-refractivity contribution in [1.29, 1.82) is 0 Å². The Hall–Kier alpha value is -1.14. The average molecular weight is 202 g/mol. The van der Waals surface area contributed by atoms with Gasteiger partial charge in [0, 0.05) is 5.46 Å². The summed E-state index contributed by atoms with van der Waals surface area (Å²) >= 11 is 0. The summed E-state index contributed by atoms with van der Waals surface area (Å²) < 4.78 is 27.9. The first kappa shape index (κ1) is 10.9. The zero-order valence-corrected chi connectivity index (χ0v) is 7.45. The molecule has 0 saturated carbocycles. The molecule has 0 amide bonds. The van der Waals surface area contributed by atoms with E-state index in [1.165, 1.54) is 12.1 Å². The molecule has 0 bridgehead atoms. The Morgan fingerprint density at radius 2 is 2.00 bits per heavy atom. The first-order valence-electron chi connectivity index (χ1n) is 3.92. The fourth-order valence-electron chi connectivity index (χ4n) is 1.07. The van der Waals surface area contributed by atoms with Crippen LogP contribution in [0.25, 0.3) is 0 Å². The van der Waals surface area contributed by atoms with E-state index in [1.54, 1.807) is 13.0 Å². The lowest BCUT2D eigenvalue weighted by Crippen LogP contribution is -2.32. The summed E-state index contributed by atoms with van der Waals surface area (Å²) in [6.45, 7) is -1.27. The predicted octanol–water partition coefficient (Wildman–Crippen LogP) is 0.276. The van der Waals surface area contributed by atoms with Crippen LogP contribution < -0.4 is 10.2 Å². The molecule has 0 aromatic heterocycles. The van der Waals surface area contributed by atoms with E-state index >= 15 is 0 Å². The Bertz CT molecular complexity index is 317. The number of benzene rings is 1. The largest absolute Gasteiger partial charge is 0.492 e. The molecule has 2 N–H and O–H groups in total. The zero-order valence-electron chi connectivity index (χ0n) is 7.45. The van der Waals surface area contributed by atoms with Gasteiger partial charge in [0.1, 0.15) is 5.75 Å². The molecule has 0 aliphatic rings. The van der Waals surface area contributed by atoms with E-state index in [2.05, 4.69) is 4.74 Å². The third-order valence-electron chi connectivity index (χ3n) is 1.66. The highest BCUT2D eigenvalue weighted by atomic mass is 19.3. The number of ether oxygens (including phenoxy) is 1. The smallest absolute Gasteiger partial charge is 0.435 e. The zero-order chi connectivity index (χ0) is 10.7. The molecule has 0 saturated heterocycles. The summed E-state index contributed by atoms with van der Waals surface area (Å²) in [4.78, 5) is 0. The summed E-state index contributed by atoms with van der Waals surface area (Å²) in [5.74, 6) is -0.222. The van der Waals surface area contributed by atoms with Gasteiger partial charge in [0.25, 0.3) is 0 Å². The van der Waals surface area contributed by atoms with E-state index in [9.17, 15) is 8.78 Å². The third kappa shape index (κ3) is 2.68. The van der Waals surface area contributed by atoms with Crippen LogP contribution in [-0.4, -0.2) is 23.8 Å². The SMILES string of the molecule is Cc1ccc(OC(F)F)c(B(O)O)c1. The molecule has 0 atom stereocenters. The van der Waals surface area contributed by atoms with Gasteiger partial charge in [0.2, 0.25) is 0 Å². The molecular formula is C8H9BF2O3. The van der Waals surface area contributed by atoms with Crippen molar-refractivity contribution in [2.75, 3.05) is 0 Å². The van der Waals surface area contributed by atoms with Gasteiger partial charge >= 0.3 is 13.7 Å². The lowest BCUT2D eigenvalue weighted by molar-refractivity contribution is -0.0492. The van der Waals surface area contributed by atoms with E-state index < -0.39 is 13.7 Å². The molecule has 0 heterocycles. The van der Waals surface area contributed by atoms with Gasteiger partial charge in [-0.3, -0.25) is 0 Å². The highest BCUT2D eigenvalue weighted by Crippen LogP contribution is 2.12. The summed E-state index contributed by atoms with van der Waals surface area (Å²) in [5, 5.41) is 17.7. The van der Waals surface area contributed by atoms with Crippen molar-refractivity contribution in [3.63, 3.8) is 0 Å². The summed E-state index contributed by atoms with van der Waals surface area (Å²) in [7, 11) is -1.82. The summed E-state index contributed by atoms with van der Waals surface area (Å²) in [5.41, 5.74) is 0.667. The van der Waals surface area contributed by atoms with Gasteiger partial charge in [-0.25, -0.2) is 0 Å². The van der Waals surface area contributed by atoms with Crippen molar-refractivity contribution < 1.29 is 23.6 Å². The molecule has 1 aromatic rings. The first-order valence-corrected chi connectivity index (χ1v) is 3.92. The van der Waals surface area contributed by atoms with Crippen LogP contribution in [-0.2, 0) is 0 Å². The van der Waals surface area contributed by atoms with Crippen LogP contribution in [0.1, 0.15) is 5.56 Å². The topological polar surface area (TPSA) is 49.7 Å². The number of alkyl halides is 2. The molecule has 76 valence electrons. The molecule has 0 unspecified atom stereocenters. The minimum absolute atomic E-state index is 0.0645.